The highest BCUT2D eigenvalue weighted by Crippen LogP contribution is 2.30. The molecule has 25 heavy (non-hydrogen) atoms. The van der Waals surface area contributed by atoms with Crippen molar-refractivity contribution in [3.8, 4) is 11.5 Å². The molecule has 2 aromatic carbocycles. The molecule has 5 heteroatoms. The Bertz CT molecular complexity index is 726. The highest BCUT2D eigenvalue weighted by atomic mass is 16.5. The van der Waals surface area contributed by atoms with Crippen LogP contribution in [-0.4, -0.2) is 25.1 Å². The van der Waals surface area contributed by atoms with Crippen molar-refractivity contribution in [2.45, 2.75) is 25.4 Å². The fourth-order valence-corrected chi connectivity index (χ4v) is 3.54. The smallest absolute Gasteiger partial charge is 0.120 e. The molecule has 132 valence electrons. The van der Waals surface area contributed by atoms with Crippen molar-refractivity contribution >= 4 is 5.71 Å². The number of nitrogens with zero attached hydrogens (tertiary/aromatic N) is 1. The van der Waals surface area contributed by atoms with Crippen molar-refractivity contribution < 1.29 is 20.0 Å². The Kier molecular flexibility index (Phi) is 5.24. The van der Waals surface area contributed by atoms with Crippen molar-refractivity contribution in [1.82, 2.24) is 0 Å². The third-order valence-corrected chi connectivity index (χ3v) is 5.11. The maximum atomic E-state index is 9.49. The second-order valence-corrected chi connectivity index (χ2v) is 6.46. The summed E-state index contributed by atoms with van der Waals surface area (Å²) < 4.78 is 10.5. The topological polar surface area (TPSA) is 67.7 Å². The minimum absolute atomic E-state index is 0.160. The molecule has 2 aromatic rings. The van der Waals surface area contributed by atoms with Gasteiger partial charge in [0.15, 0.2) is 0 Å². The first-order valence-corrected chi connectivity index (χ1v) is 8.50. The van der Waals surface area contributed by atoms with Gasteiger partial charge in [-0.2, -0.15) is 0 Å². The van der Waals surface area contributed by atoms with Gasteiger partial charge in [-0.25, -0.2) is 0 Å². The molecule has 0 saturated carbocycles. The number of hydrogen-bond donors (Lipinski definition) is 2. The first-order valence-electron chi connectivity index (χ1n) is 8.50. The first-order chi connectivity index (χ1) is 12.2. The highest BCUT2D eigenvalue weighted by Gasteiger charge is 2.37. The molecule has 3 rings (SSSR count). The van der Waals surface area contributed by atoms with Gasteiger partial charge in [-0.1, -0.05) is 12.1 Å². The van der Waals surface area contributed by atoms with Gasteiger partial charge in [0.25, 0.3) is 0 Å². The molecule has 3 atom stereocenters. The molecular weight excluding hydrogens is 316 g/mol. The zero-order valence-corrected chi connectivity index (χ0v) is 14.8. The van der Waals surface area contributed by atoms with Gasteiger partial charge in [0.05, 0.1) is 25.8 Å². The number of nitrogens with two attached hydrogens (primary N) is 1. The van der Waals surface area contributed by atoms with Crippen LogP contribution in [0.3, 0.4) is 0 Å². The van der Waals surface area contributed by atoms with Crippen molar-refractivity contribution in [2.75, 3.05) is 14.2 Å². The molecule has 1 aliphatic rings. The van der Waals surface area contributed by atoms with Gasteiger partial charge in [-0.05, 0) is 48.5 Å². The highest BCUT2D eigenvalue weighted by molar-refractivity contribution is 5.87. The summed E-state index contributed by atoms with van der Waals surface area (Å²) in [6.45, 7) is 2.12. The summed E-state index contributed by atoms with van der Waals surface area (Å²) in [6.07, 6.45) is 0.733. The SMILES string of the molecule is COc1ccc([C@@H]2C/C(=N\O)[C@@H](C)[C@H](c3ccc(OC)cc3)[NH2+]2)cc1. The standard InChI is InChI=1S/C20H24N2O3/c1-13-18(22-23)12-19(14-4-8-16(24-2)9-5-14)21-20(13)15-6-10-17(25-3)11-7-15/h4-11,13,19-21,23H,12H2,1-3H3/p+1/b22-18+/t13-,19+,20-/m1/s1. The minimum atomic E-state index is 0.160. The lowest BCUT2D eigenvalue weighted by atomic mass is 9.81. The van der Waals surface area contributed by atoms with Gasteiger partial charge in [0.1, 0.15) is 23.6 Å². The third kappa shape index (κ3) is 3.61. The van der Waals surface area contributed by atoms with E-state index in [0.717, 1.165) is 23.6 Å². The van der Waals surface area contributed by atoms with E-state index in [-0.39, 0.29) is 18.0 Å². The third-order valence-electron chi connectivity index (χ3n) is 5.11. The molecule has 3 N–H and O–H groups in total. The largest absolute Gasteiger partial charge is 0.497 e. The molecule has 1 saturated heterocycles. The van der Waals surface area contributed by atoms with Crippen LogP contribution >= 0.6 is 0 Å². The monoisotopic (exact) mass is 341 g/mol. The second-order valence-electron chi connectivity index (χ2n) is 6.46. The van der Waals surface area contributed by atoms with Crippen LogP contribution in [0.5, 0.6) is 11.5 Å². The fraction of sp³-hybridized carbons (Fsp3) is 0.350. The Hall–Kier alpha value is -2.53. The maximum absolute atomic E-state index is 9.49. The maximum Gasteiger partial charge on any atom is 0.120 e. The molecule has 0 bridgehead atoms. The summed E-state index contributed by atoms with van der Waals surface area (Å²) in [5.74, 6) is 1.85. The van der Waals surface area contributed by atoms with E-state index >= 15 is 0 Å². The molecule has 0 unspecified atom stereocenters. The van der Waals surface area contributed by atoms with Gasteiger partial charge < -0.3 is 20.0 Å². The summed E-state index contributed by atoms with van der Waals surface area (Å²) in [5.41, 5.74) is 3.24. The normalized spacial score (nSPS) is 24.9. The summed E-state index contributed by atoms with van der Waals surface area (Å²) >= 11 is 0. The number of quaternary nitrogens is 1. The second kappa shape index (κ2) is 7.57. The fourth-order valence-electron chi connectivity index (χ4n) is 3.54. The Morgan fingerprint density at radius 2 is 1.44 bits per heavy atom. The van der Waals surface area contributed by atoms with Crippen LogP contribution in [0.4, 0.5) is 0 Å². The number of oxime groups is 1. The molecule has 0 amide bonds. The molecule has 1 aliphatic heterocycles. The van der Waals surface area contributed by atoms with Gasteiger partial charge >= 0.3 is 0 Å². The van der Waals surface area contributed by atoms with Gasteiger partial charge in [-0.15, -0.1) is 0 Å². The van der Waals surface area contributed by atoms with E-state index in [9.17, 15) is 5.21 Å². The van der Waals surface area contributed by atoms with E-state index in [1.807, 2.05) is 24.3 Å². The van der Waals surface area contributed by atoms with E-state index in [1.54, 1.807) is 14.2 Å². The molecule has 5 nitrogen and oxygen atoms in total. The Morgan fingerprint density at radius 1 is 0.920 bits per heavy atom. The van der Waals surface area contributed by atoms with Crippen LogP contribution in [-0.2, 0) is 0 Å². The van der Waals surface area contributed by atoms with Crippen LogP contribution in [0.15, 0.2) is 53.7 Å². The van der Waals surface area contributed by atoms with Crippen LogP contribution in [0.25, 0.3) is 0 Å². The van der Waals surface area contributed by atoms with E-state index < -0.39 is 0 Å². The number of methoxy groups -OCH3 is 2. The number of hydrogen-bond acceptors (Lipinski definition) is 4. The molecule has 0 spiro atoms. The quantitative estimate of drug-likeness (QED) is 0.664. The summed E-state index contributed by atoms with van der Waals surface area (Å²) in [4.78, 5) is 0. The van der Waals surface area contributed by atoms with E-state index in [1.165, 1.54) is 11.1 Å². The minimum Gasteiger partial charge on any atom is -0.497 e. The van der Waals surface area contributed by atoms with Gasteiger partial charge in [0, 0.05) is 17.5 Å². The van der Waals surface area contributed by atoms with Crippen molar-refractivity contribution in [1.29, 1.82) is 0 Å². The zero-order valence-electron chi connectivity index (χ0n) is 14.8. The lowest BCUT2D eigenvalue weighted by molar-refractivity contribution is -0.741. The average Bonchev–Trinajstić information content (AvgIpc) is 2.68. The van der Waals surface area contributed by atoms with Crippen molar-refractivity contribution in [3.05, 3.63) is 59.7 Å². The number of rotatable bonds is 4. The molecule has 1 fully saturated rings. The predicted molar refractivity (Wildman–Crippen MR) is 96.4 cm³/mol. The number of benzene rings is 2. The Labute approximate surface area is 148 Å². The number of piperidine rings is 1. The molecule has 1 heterocycles. The Balaban J connectivity index is 1.88. The number of ether oxygens (including phenoxy) is 2. The van der Waals surface area contributed by atoms with Crippen molar-refractivity contribution in [3.63, 3.8) is 0 Å². The van der Waals surface area contributed by atoms with Crippen molar-refractivity contribution in [2.24, 2.45) is 11.1 Å². The van der Waals surface area contributed by atoms with E-state index in [4.69, 9.17) is 9.47 Å². The van der Waals surface area contributed by atoms with Gasteiger partial charge in [0.2, 0.25) is 0 Å². The molecule has 0 radical (unpaired) electrons. The summed E-state index contributed by atoms with van der Waals surface area (Å²) in [5, 5.41) is 15.4. The zero-order chi connectivity index (χ0) is 17.8. The first kappa shape index (κ1) is 17.3. The summed E-state index contributed by atoms with van der Waals surface area (Å²) in [7, 11) is 3.33. The molecule has 0 aromatic heterocycles. The van der Waals surface area contributed by atoms with E-state index in [0.29, 0.717) is 0 Å². The average molecular weight is 341 g/mol. The van der Waals surface area contributed by atoms with E-state index in [2.05, 4.69) is 41.7 Å². The summed E-state index contributed by atoms with van der Waals surface area (Å²) in [6, 6.07) is 16.6. The Morgan fingerprint density at radius 3 is 1.92 bits per heavy atom. The van der Waals surface area contributed by atoms with Crippen LogP contribution < -0.4 is 14.8 Å². The lowest BCUT2D eigenvalue weighted by Crippen LogP contribution is -2.90. The van der Waals surface area contributed by atoms with Crippen LogP contribution in [0.2, 0.25) is 0 Å². The predicted octanol–water partition coefficient (Wildman–Crippen LogP) is 2.92. The molecule has 0 aliphatic carbocycles. The molecular formula is C20H25N2O3+. The lowest BCUT2D eigenvalue weighted by Gasteiger charge is -2.33. The van der Waals surface area contributed by atoms with Gasteiger partial charge in [-0.3, -0.25) is 0 Å². The van der Waals surface area contributed by atoms with Crippen LogP contribution in [0.1, 0.15) is 36.6 Å². The van der Waals surface area contributed by atoms with Crippen LogP contribution in [0, 0.1) is 5.92 Å².